The van der Waals surface area contributed by atoms with Crippen LogP contribution in [0.4, 0.5) is 34.5 Å². The molecular weight excluding hydrogens is 901 g/mol. The number of nitrogens with zero attached hydrogens (tertiary/aromatic N) is 2. The Morgan fingerprint density at radius 2 is 0.556 bits per heavy atom. The Balaban J connectivity index is 1.19. The van der Waals surface area contributed by atoms with Gasteiger partial charge >= 0.3 is 0 Å². The molecule has 72 heavy (non-hydrogen) atoms. The lowest BCUT2D eigenvalue weighted by molar-refractivity contribution is 0.353. The molecule has 2 aromatic heterocycles. The van der Waals surface area contributed by atoms with Gasteiger partial charge in [-0.15, -0.1) is 0 Å². The van der Waals surface area contributed by atoms with Crippen LogP contribution in [0.5, 0.6) is 46.0 Å². The van der Waals surface area contributed by atoms with E-state index >= 15 is 0 Å². The van der Waals surface area contributed by atoms with Crippen LogP contribution < -0.4 is 38.2 Å². The first-order valence-corrected chi connectivity index (χ1v) is 23.7. The fourth-order valence-electron chi connectivity index (χ4n) is 11.1. The largest absolute Gasteiger partial charge is 0.497 e. The molecule has 0 fully saturated rings. The van der Waals surface area contributed by atoms with Crippen LogP contribution in [0.25, 0.3) is 0 Å². The molecule has 4 heterocycles. The number of para-hydroxylation sites is 4. The van der Waals surface area contributed by atoms with Crippen molar-refractivity contribution >= 4 is 34.5 Å². The van der Waals surface area contributed by atoms with Crippen molar-refractivity contribution in [1.82, 2.24) is 0 Å². The number of methoxy groups -OCH3 is 4. The van der Waals surface area contributed by atoms with Gasteiger partial charge in [-0.25, -0.2) is 0 Å². The average molecular weight is 947 g/mol. The monoisotopic (exact) mass is 946 g/mol. The highest BCUT2D eigenvalue weighted by Crippen LogP contribution is 2.69. The van der Waals surface area contributed by atoms with Crippen LogP contribution in [-0.2, 0) is 10.8 Å². The molecular formula is C62H46N2O8. The van der Waals surface area contributed by atoms with E-state index in [1.165, 1.54) is 0 Å². The number of anilines is 6. The molecule has 0 saturated carbocycles. The second kappa shape index (κ2) is 16.7. The lowest BCUT2D eigenvalue weighted by atomic mass is 9.54. The molecule has 8 aromatic carbocycles. The van der Waals surface area contributed by atoms with Crippen molar-refractivity contribution in [3.8, 4) is 46.0 Å². The van der Waals surface area contributed by atoms with E-state index in [0.29, 0.717) is 46.3 Å². The molecule has 0 bridgehead atoms. The Labute approximate surface area is 416 Å². The summed E-state index contributed by atoms with van der Waals surface area (Å²) in [6.45, 7) is 0. The van der Waals surface area contributed by atoms with E-state index in [4.69, 9.17) is 37.3 Å². The fraction of sp³-hybridized carbons (Fsp3) is 0.0968. The number of furan rings is 2. The molecule has 0 unspecified atom stereocenters. The third kappa shape index (κ3) is 6.21. The SMILES string of the molecule is COc1ccc(N(c2ccc(OC)cc2)c2cc3c(o2)C2(c4ccccc4Oc4ccccc42)c2cc(N(c4ccc(OC)cc4)c4ccc(OC)cc4)oc2C32c3ccccc3Oc3ccccc32)cc1. The summed E-state index contributed by atoms with van der Waals surface area (Å²) in [5.41, 5.74) is 6.38. The van der Waals surface area contributed by atoms with Gasteiger partial charge in [0.05, 0.1) is 28.4 Å². The highest BCUT2D eigenvalue weighted by atomic mass is 16.5. The maximum atomic E-state index is 7.89. The number of rotatable bonds is 10. The minimum atomic E-state index is -1.17. The zero-order valence-electron chi connectivity index (χ0n) is 39.8. The normalized spacial score (nSPS) is 13.7. The lowest BCUT2D eigenvalue weighted by Gasteiger charge is -2.48. The molecule has 10 nitrogen and oxygen atoms in total. The van der Waals surface area contributed by atoms with Gasteiger partial charge in [0.1, 0.15) is 68.3 Å². The van der Waals surface area contributed by atoms with Crippen molar-refractivity contribution in [1.29, 1.82) is 0 Å². The van der Waals surface area contributed by atoms with Crippen LogP contribution in [0, 0.1) is 0 Å². The molecule has 0 atom stereocenters. The summed E-state index contributed by atoms with van der Waals surface area (Å²) in [5, 5.41) is 0. The number of hydrogen-bond acceptors (Lipinski definition) is 10. The van der Waals surface area contributed by atoms with E-state index in [1.807, 2.05) is 146 Å². The third-order valence-electron chi connectivity index (χ3n) is 14.3. The quantitative estimate of drug-likeness (QED) is 0.132. The van der Waals surface area contributed by atoms with E-state index < -0.39 is 10.8 Å². The summed E-state index contributed by atoms with van der Waals surface area (Å²) in [6, 6.07) is 69.4. The van der Waals surface area contributed by atoms with Crippen LogP contribution in [-0.4, -0.2) is 28.4 Å². The van der Waals surface area contributed by atoms with Crippen molar-refractivity contribution in [3.05, 3.63) is 251 Å². The minimum Gasteiger partial charge on any atom is -0.497 e. The van der Waals surface area contributed by atoms with Gasteiger partial charge in [0.2, 0.25) is 11.8 Å². The van der Waals surface area contributed by atoms with Gasteiger partial charge in [0.15, 0.2) is 0 Å². The Morgan fingerprint density at radius 1 is 0.306 bits per heavy atom. The molecule has 0 N–H and O–H groups in total. The van der Waals surface area contributed by atoms with Crippen LogP contribution in [0.1, 0.15) is 44.9 Å². The zero-order valence-corrected chi connectivity index (χ0v) is 39.8. The van der Waals surface area contributed by atoms with Gasteiger partial charge < -0.3 is 37.3 Å². The molecule has 2 spiro atoms. The van der Waals surface area contributed by atoms with Gasteiger partial charge in [0, 0.05) is 68.3 Å². The summed E-state index contributed by atoms with van der Waals surface area (Å²) in [5.74, 6) is 8.24. The smallest absolute Gasteiger partial charge is 0.205 e. The summed E-state index contributed by atoms with van der Waals surface area (Å²) in [6.07, 6.45) is 0. The first-order chi connectivity index (χ1) is 35.5. The molecule has 0 radical (unpaired) electrons. The predicted molar refractivity (Wildman–Crippen MR) is 277 cm³/mol. The van der Waals surface area contributed by atoms with E-state index in [-0.39, 0.29) is 0 Å². The van der Waals surface area contributed by atoms with Gasteiger partial charge in [-0.3, -0.25) is 9.80 Å². The molecule has 13 rings (SSSR count). The number of ether oxygens (including phenoxy) is 6. The maximum Gasteiger partial charge on any atom is 0.205 e. The van der Waals surface area contributed by atoms with Crippen LogP contribution >= 0.6 is 0 Å². The van der Waals surface area contributed by atoms with Crippen molar-refractivity contribution in [2.75, 3.05) is 38.2 Å². The maximum absolute atomic E-state index is 7.89. The van der Waals surface area contributed by atoms with Gasteiger partial charge in [-0.1, -0.05) is 72.8 Å². The molecule has 1 aliphatic carbocycles. The van der Waals surface area contributed by atoms with Crippen LogP contribution in [0.15, 0.2) is 215 Å². The number of hydrogen-bond donors (Lipinski definition) is 0. The molecule has 0 saturated heterocycles. The Bertz CT molecular complexity index is 3180. The van der Waals surface area contributed by atoms with Crippen molar-refractivity contribution in [2.45, 2.75) is 10.8 Å². The van der Waals surface area contributed by atoms with Crippen LogP contribution in [0.3, 0.4) is 0 Å². The molecule has 10 aromatic rings. The van der Waals surface area contributed by atoms with Crippen LogP contribution in [0.2, 0.25) is 0 Å². The molecule has 0 amide bonds. The van der Waals surface area contributed by atoms with Crippen molar-refractivity contribution in [2.24, 2.45) is 0 Å². The third-order valence-corrected chi connectivity index (χ3v) is 14.3. The topological polar surface area (TPSA) is 88.1 Å². The first-order valence-electron chi connectivity index (χ1n) is 23.7. The Morgan fingerprint density at radius 3 is 0.806 bits per heavy atom. The molecule has 10 heteroatoms. The molecule has 352 valence electrons. The van der Waals surface area contributed by atoms with E-state index in [1.54, 1.807) is 28.4 Å². The summed E-state index contributed by atoms with van der Waals surface area (Å²) in [4.78, 5) is 4.27. The first kappa shape index (κ1) is 42.8. The second-order valence-corrected chi connectivity index (χ2v) is 17.8. The summed E-state index contributed by atoms with van der Waals surface area (Å²) in [7, 11) is 6.68. The zero-order chi connectivity index (χ0) is 48.6. The lowest BCUT2D eigenvalue weighted by Crippen LogP contribution is -2.46. The molecule has 2 aliphatic heterocycles. The van der Waals surface area contributed by atoms with Gasteiger partial charge in [0.25, 0.3) is 0 Å². The van der Waals surface area contributed by atoms with E-state index in [2.05, 4.69) is 70.5 Å². The second-order valence-electron chi connectivity index (χ2n) is 17.8. The highest BCUT2D eigenvalue weighted by molar-refractivity contribution is 5.85. The Hall–Kier alpha value is -9.28. The van der Waals surface area contributed by atoms with E-state index in [9.17, 15) is 0 Å². The average Bonchev–Trinajstić information content (AvgIpc) is 4.09. The van der Waals surface area contributed by atoms with Crippen molar-refractivity contribution < 1.29 is 37.3 Å². The standard InChI is InChI=1S/C62H46N2O8/c1-65-43-29-21-39(22-30-43)63(40-23-31-44(66-2)32-24-40)57-37-51-59(71-57)62(49-15-7-11-19-55(49)70-56-20-12-8-16-50(56)62)52-38-58(64(41-25-33-45(67-3)34-26-41)42-27-35-46(68-4)36-28-42)72-60(52)61(51)47-13-5-9-17-53(47)69-54-18-10-6-14-48(54)61/h5-38H,1-4H3. The summed E-state index contributed by atoms with van der Waals surface area (Å²) >= 11 is 0. The highest BCUT2D eigenvalue weighted by Gasteiger charge is 2.63. The molecule has 3 aliphatic rings. The van der Waals surface area contributed by atoms with Crippen molar-refractivity contribution in [3.63, 3.8) is 0 Å². The summed E-state index contributed by atoms with van der Waals surface area (Å²) < 4.78 is 52.2. The minimum absolute atomic E-state index is 0.570. The number of fused-ring (bicyclic) bond motifs is 14. The van der Waals surface area contributed by atoms with E-state index in [0.717, 1.165) is 79.1 Å². The van der Waals surface area contributed by atoms with Gasteiger partial charge in [-0.2, -0.15) is 0 Å². The van der Waals surface area contributed by atoms with Gasteiger partial charge in [-0.05, 0) is 121 Å². The predicted octanol–water partition coefficient (Wildman–Crippen LogP) is 15.1. The number of benzene rings is 8. The Kier molecular flexibility index (Phi) is 9.93. The fourth-order valence-corrected chi connectivity index (χ4v) is 11.1.